The molecule has 0 unspecified atom stereocenters. The van der Waals surface area contributed by atoms with Crippen LogP contribution in [0.15, 0.2) is 42.7 Å². The second-order valence-corrected chi connectivity index (χ2v) is 6.82. The van der Waals surface area contributed by atoms with Gasteiger partial charge in [0.05, 0.1) is 30.9 Å². The fraction of sp³-hybridized carbons (Fsp3) is 0.105. The summed E-state index contributed by atoms with van der Waals surface area (Å²) in [5.74, 6) is 0.0186. The number of aromatic nitrogens is 3. The summed E-state index contributed by atoms with van der Waals surface area (Å²) in [6.45, 7) is 0. The number of rotatable bonds is 5. The average Bonchev–Trinajstić information content (AvgIpc) is 3.30. The zero-order valence-corrected chi connectivity index (χ0v) is 15.7. The van der Waals surface area contributed by atoms with Gasteiger partial charge >= 0.3 is 5.97 Å². The number of methoxy groups -OCH3 is 2. The second kappa shape index (κ2) is 6.86. The monoisotopic (exact) mass is 397 g/mol. The lowest BCUT2D eigenvalue weighted by molar-refractivity contribution is 0.0702. The molecule has 2 heterocycles. The average molecular weight is 397 g/mol. The number of aromatic carboxylic acids is 1. The number of carbonyl (C=O) groups is 1. The smallest absolute Gasteiger partial charge is 0.348 e. The number of aromatic hydroxyl groups is 1. The highest BCUT2D eigenvalue weighted by molar-refractivity contribution is 7.16. The summed E-state index contributed by atoms with van der Waals surface area (Å²) in [5, 5.41) is 19.8. The van der Waals surface area contributed by atoms with Gasteiger partial charge in [0, 0.05) is 17.7 Å². The van der Waals surface area contributed by atoms with Gasteiger partial charge in [-0.05, 0) is 12.1 Å². The maximum absolute atomic E-state index is 11.8. The summed E-state index contributed by atoms with van der Waals surface area (Å²) in [6, 6.07) is 9.83. The molecule has 0 aliphatic rings. The molecule has 0 fully saturated rings. The van der Waals surface area contributed by atoms with Gasteiger partial charge in [0.1, 0.15) is 17.0 Å². The van der Waals surface area contributed by atoms with E-state index < -0.39 is 5.97 Å². The lowest BCUT2D eigenvalue weighted by Gasteiger charge is -2.07. The van der Waals surface area contributed by atoms with Gasteiger partial charge in [-0.3, -0.25) is 4.57 Å². The van der Waals surface area contributed by atoms with Gasteiger partial charge in [-0.15, -0.1) is 0 Å². The van der Waals surface area contributed by atoms with Gasteiger partial charge in [-0.1, -0.05) is 23.5 Å². The Morgan fingerprint density at radius 1 is 1.14 bits per heavy atom. The first-order chi connectivity index (χ1) is 13.5. The van der Waals surface area contributed by atoms with Crippen molar-refractivity contribution >= 4 is 28.3 Å². The predicted octanol–water partition coefficient (Wildman–Crippen LogP) is 3.57. The molecule has 142 valence electrons. The third-order valence-corrected chi connectivity index (χ3v) is 5.23. The normalized spacial score (nSPS) is 10.9. The van der Waals surface area contributed by atoms with E-state index in [9.17, 15) is 15.0 Å². The molecule has 0 aliphatic heterocycles. The van der Waals surface area contributed by atoms with Crippen LogP contribution in [-0.2, 0) is 0 Å². The van der Waals surface area contributed by atoms with E-state index in [1.165, 1.54) is 19.2 Å². The van der Waals surface area contributed by atoms with Crippen molar-refractivity contribution < 1.29 is 24.5 Å². The van der Waals surface area contributed by atoms with Gasteiger partial charge in [0.25, 0.3) is 0 Å². The number of hydrogen-bond donors (Lipinski definition) is 2. The lowest BCUT2D eigenvalue weighted by Crippen LogP contribution is -1.95. The molecule has 0 saturated carbocycles. The van der Waals surface area contributed by atoms with Gasteiger partial charge in [-0.25, -0.2) is 14.8 Å². The number of thiazole rings is 1. The zero-order valence-electron chi connectivity index (χ0n) is 14.9. The molecule has 4 aromatic rings. The Balaban J connectivity index is 1.90. The number of fused-ring (bicyclic) bond motifs is 1. The first kappa shape index (κ1) is 17.8. The van der Waals surface area contributed by atoms with Crippen LogP contribution in [0.25, 0.3) is 27.4 Å². The van der Waals surface area contributed by atoms with Crippen LogP contribution in [0.1, 0.15) is 9.67 Å². The fourth-order valence-electron chi connectivity index (χ4n) is 2.89. The number of phenolic OH excluding ortho intramolecular Hbond substituents is 1. The number of imidazole rings is 1. The molecule has 0 radical (unpaired) electrons. The predicted molar refractivity (Wildman–Crippen MR) is 104 cm³/mol. The van der Waals surface area contributed by atoms with Crippen molar-refractivity contribution in [2.45, 2.75) is 0 Å². The van der Waals surface area contributed by atoms with Crippen molar-refractivity contribution in [2.24, 2.45) is 0 Å². The summed E-state index contributed by atoms with van der Waals surface area (Å²) in [4.78, 5) is 20.7. The summed E-state index contributed by atoms with van der Waals surface area (Å²) in [5.41, 5.74) is 2.16. The molecule has 2 aromatic carbocycles. The number of hydrogen-bond acceptors (Lipinski definition) is 7. The highest BCUT2D eigenvalue weighted by Gasteiger charge is 2.21. The molecule has 28 heavy (non-hydrogen) atoms. The van der Waals surface area contributed by atoms with E-state index in [1.54, 1.807) is 42.3 Å². The number of ether oxygens (including phenoxy) is 2. The van der Waals surface area contributed by atoms with Crippen LogP contribution in [0.5, 0.6) is 17.2 Å². The highest BCUT2D eigenvalue weighted by Crippen LogP contribution is 2.36. The molecule has 4 rings (SSSR count). The number of nitrogens with zero attached hydrogens (tertiary/aromatic N) is 3. The molecule has 8 nitrogen and oxygen atoms in total. The Morgan fingerprint density at radius 3 is 2.57 bits per heavy atom. The number of carboxylic acids is 1. The maximum atomic E-state index is 11.8. The van der Waals surface area contributed by atoms with E-state index in [2.05, 4.69) is 9.97 Å². The van der Waals surface area contributed by atoms with Crippen LogP contribution in [0, 0.1) is 0 Å². The van der Waals surface area contributed by atoms with Crippen LogP contribution in [0.3, 0.4) is 0 Å². The van der Waals surface area contributed by atoms with Crippen molar-refractivity contribution in [1.29, 1.82) is 0 Å². The summed E-state index contributed by atoms with van der Waals surface area (Å²) in [7, 11) is 3.08. The molecule has 0 atom stereocenters. The Morgan fingerprint density at radius 2 is 1.89 bits per heavy atom. The summed E-state index contributed by atoms with van der Waals surface area (Å²) >= 11 is 1.02. The van der Waals surface area contributed by atoms with E-state index in [-0.39, 0.29) is 16.3 Å². The maximum Gasteiger partial charge on any atom is 0.348 e. The van der Waals surface area contributed by atoms with Crippen molar-refractivity contribution in [3.63, 3.8) is 0 Å². The molecule has 0 bridgehead atoms. The molecule has 0 amide bonds. The van der Waals surface area contributed by atoms with Gasteiger partial charge in [0.15, 0.2) is 16.6 Å². The molecule has 2 N–H and O–H groups in total. The Labute approximate surface area is 163 Å². The van der Waals surface area contributed by atoms with Crippen molar-refractivity contribution in [1.82, 2.24) is 14.5 Å². The third-order valence-electron chi connectivity index (χ3n) is 4.19. The number of phenols is 1. The Kier molecular flexibility index (Phi) is 4.36. The minimum atomic E-state index is -1.09. The molecule has 0 saturated heterocycles. The molecular weight excluding hydrogens is 382 g/mol. The van der Waals surface area contributed by atoms with Gasteiger partial charge in [-0.2, -0.15) is 0 Å². The number of benzene rings is 2. The van der Waals surface area contributed by atoms with Crippen molar-refractivity contribution in [3.8, 4) is 33.6 Å². The lowest BCUT2D eigenvalue weighted by atomic mass is 10.1. The molecule has 2 aromatic heterocycles. The largest absolute Gasteiger partial charge is 0.508 e. The summed E-state index contributed by atoms with van der Waals surface area (Å²) in [6.07, 6.45) is 1.57. The van der Waals surface area contributed by atoms with Crippen molar-refractivity contribution in [3.05, 3.63) is 47.6 Å². The van der Waals surface area contributed by atoms with E-state index in [0.29, 0.717) is 33.2 Å². The minimum absolute atomic E-state index is 0.0355. The highest BCUT2D eigenvalue weighted by atomic mass is 32.1. The van der Waals surface area contributed by atoms with Gasteiger partial charge in [0.2, 0.25) is 0 Å². The van der Waals surface area contributed by atoms with E-state index in [0.717, 1.165) is 11.3 Å². The fourth-order valence-corrected chi connectivity index (χ4v) is 3.80. The quantitative estimate of drug-likeness (QED) is 0.530. The van der Waals surface area contributed by atoms with Gasteiger partial charge < -0.3 is 19.7 Å². The van der Waals surface area contributed by atoms with E-state index in [1.807, 2.05) is 0 Å². The standard InChI is InChI=1S/C19H15N3O5S/c1-26-14-7-12-13(8-15(14)27-2)22(9-20-12)19-21-16(17(28-19)18(24)25)10-4-3-5-11(23)6-10/h3-9,23H,1-2H3,(H,24,25). The SMILES string of the molecule is COc1cc2ncn(-c3nc(-c4cccc(O)c4)c(C(=O)O)s3)c2cc1OC. The van der Waals surface area contributed by atoms with Crippen LogP contribution >= 0.6 is 11.3 Å². The molecule has 0 spiro atoms. The second-order valence-electron chi connectivity index (χ2n) is 5.84. The van der Waals surface area contributed by atoms with Crippen LogP contribution in [-0.4, -0.2) is 44.9 Å². The van der Waals surface area contributed by atoms with Crippen LogP contribution < -0.4 is 9.47 Å². The Hall–Kier alpha value is -3.59. The molecule has 0 aliphatic carbocycles. The molecular formula is C19H15N3O5S. The third kappa shape index (κ3) is 2.91. The zero-order chi connectivity index (χ0) is 19.8. The minimum Gasteiger partial charge on any atom is -0.508 e. The first-order valence-electron chi connectivity index (χ1n) is 8.14. The first-order valence-corrected chi connectivity index (χ1v) is 8.96. The number of carboxylic acid groups (broad SMARTS) is 1. The topological polar surface area (TPSA) is 107 Å². The van der Waals surface area contributed by atoms with Crippen LogP contribution in [0.2, 0.25) is 0 Å². The van der Waals surface area contributed by atoms with Crippen molar-refractivity contribution in [2.75, 3.05) is 14.2 Å². The molecule has 9 heteroatoms. The van der Waals surface area contributed by atoms with Crippen LogP contribution in [0.4, 0.5) is 0 Å². The summed E-state index contributed by atoms with van der Waals surface area (Å²) < 4.78 is 12.3. The van der Waals surface area contributed by atoms with E-state index in [4.69, 9.17) is 9.47 Å². The van der Waals surface area contributed by atoms with E-state index >= 15 is 0 Å². The Bertz CT molecular complexity index is 1200.